The Bertz CT molecular complexity index is 808. The summed E-state index contributed by atoms with van der Waals surface area (Å²) < 4.78 is 0. The van der Waals surface area contributed by atoms with E-state index in [-0.39, 0.29) is 23.8 Å². The van der Waals surface area contributed by atoms with E-state index in [1.807, 2.05) is 50.5 Å². The molecule has 0 spiro atoms. The van der Waals surface area contributed by atoms with Crippen molar-refractivity contribution >= 4 is 11.8 Å². The number of hydrogen-bond acceptors (Lipinski definition) is 3. The zero-order valence-electron chi connectivity index (χ0n) is 18.0. The van der Waals surface area contributed by atoms with Gasteiger partial charge in [-0.1, -0.05) is 60.7 Å². The number of Topliss-reactive ketones (excluding diaryl/α,β-unsaturated/α-hetero) is 1. The standard InChI is InChI=1S/C25H33N3O2/c1-28(2)17-9-16-26-25(30)27-23-18-21(19-10-5-3-6-11-19)14-15-22(23)24(29)20-12-7-4-8-13-20/h3-8,10-13,21-23H,9,14-18H2,1-2H3,(H2,26,27,30). The lowest BCUT2D eigenvalue weighted by molar-refractivity contribution is 0.0848. The molecule has 0 saturated heterocycles. The van der Waals surface area contributed by atoms with Gasteiger partial charge in [-0.25, -0.2) is 4.79 Å². The van der Waals surface area contributed by atoms with Gasteiger partial charge in [-0.15, -0.1) is 0 Å². The molecular weight excluding hydrogens is 374 g/mol. The molecule has 30 heavy (non-hydrogen) atoms. The summed E-state index contributed by atoms with van der Waals surface area (Å²) in [6.07, 6.45) is 3.40. The molecule has 0 aliphatic heterocycles. The summed E-state index contributed by atoms with van der Waals surface area (Å²) in [5.74, 6) is 0.282. The first kappa shape index (κ1) is 22.0. The minimum absolute atomic E-state index is 0.125. The molecule has 2 aromatic rings. The summed E-state index contributed by atoms with van der Waals surface area (Å²) >= 11 is 0. The third-order valence-electron chi connectivity index (χ3n) is 5.90. The molecule has 3 rings (SSSR count). The lowest BCUT2D eigenvalue weighted by atomic mass is 9.73. The monoisotopic (exact) mass is 407 g/mol. The Morgan fingerprint density at radius 2 is 1.63 bits per heavy atom. The van der Waals surface area contributed by atoms with Gasteiger partial charge in [0.25, 0.3) is 0 Å². The molecule has 0 aromatic heterocycles. The largest absolute Gasteiger partial charge is 0.338 e. The van der Waals surface area contributed by atoms with E-state index in [0.717, 1.165) is 37.8 Å². The van der Waals surface area contributed by atoms with Gasteiger partial charge in [-0.2, -0.15) is 0 Å². The van der Waals surface area contributed by atoms with Crippen molar-refractivity contribution in [1.82, 2.24) is 15.5 Å². The zero-order valence-corrected chi connectivity index (χ0v) is 18.0. The summed E-state index contributed by atoms with van der Waals surface area (Å²) in [6.45, 7) is 1.55. The molecule has 0 heterocycles. The Morgan fingerprint density at radius 1 is 0.967 bits per heavy atom. The third-order valence-corrected chi connectivity index (χ3v) is 5.90. The highest BCUT2D eigenvalue weighted by Gasteiger charge is 2.36. The fourth-order valence-electron chi connectivity index (χ4n) is 4.30. The Hall–Kier alpha value is -2.66. The molecule has 2 amide bonds. The van der Waals surface area contributed by atoms with Gasteiger partial charge >= 0.3 is 6.03 Å². The summed E-state index contributed by atoms with van der Waals surface area (Å²) in [5, 5.41) is 6.07. The van der Waals surface area contributed by atoms with Gasteiger partial charge in [-0.05, 0) is 57.8 Å². The highest BCUT2D eigenvalue weighted by molar-refractivity contribution is 5.98. The number of carbonyl (C=O) groups excluding carboxylic acids is 2. The molecule has 3 unspecified atom stereocenters. The number of rotatable bonds is 8. The van der Waals surface area contributed by atoms with E-state index in [9.17, 15) is 9.59 Å². The van der Waals surface area contributed by atoms with E-state index >= 15 is 0 Å². The second kappa shape index (κ2) is 10.9. The topological polar surface area (TPSA) is 61.4 Å². The molecule has 1 fully saturated rings. The van der Waals surface area contributed by atoms with Gasteiger partial charge in [0.2, 0.25) is 0 Å². The van der Waals surface area contributed by atoms with Crippen LogP contribution in [0.25, 0.3) is 0 Å². The third kappa shape index (κ3) is 6.17. The molecule has 5 heteroatoms. The van der Waals surface area contributed by atoms with Gasteiger partial charge < -0.3 is 15.5 Å². The van der Waals surface area contributed by atoms with Crippen LogP contribution >= 0.6 is 0 Å². The average Bonchev–Trinajstić information content (AvgIpc) is 2.77. The van der Waals surface area contributed by atoms with Crippen LogP contribution in [0.3, 0.4) is 0 Å². The first-order valence-corrected chi connectivity index (χ1v) is 10.9. The van der Waals surface area contributed by atoms with Crippen molar-refractivity contribution < 1.29 is 9.59 Å². The molecule has 3 atom stereocenters. The van der Waals surface area contributed by atoms with Crippen LogP contribution in [0.15, 0.2) is 60.7 Å². The highest BCUT2D eigenvalue weighted by atomic mass is 16.2. The van der Waals surface area contributed by atoms with Gasteiger partial charge in [0.15, 0.2) is 5.78 Å². The maximum absolute atomic E-state index is 13.2. The molecule has 0 radical (unpaired) electrons. The summed E-state index contributed by atoms with van der Waals surface area (Å²) in [5.41, 5.74) is 2.00. The maximum atomic E-state index is 13.2. The van der Waals surface area contributed by atoms with Crippen LogP contribution in [0.5, 0.6) is 0 Å². The second-order valence-corrected chi connectivity index (χ2v) is 8.42. The molecule has 1 aliphatic carbocycles. The predicted octanol–water partition coefficient (Wildman–Crippen LogP) is 4.07. The van der Waals surface area contributed by atoms with E-state index in [0.29, 0.717) is 12.5 Å². The van der Waals surface area contributed by atoms with Crippen molar-refractivity contribution in [2.75, 3.05) is 27.2 Å². The minimum atomic E-state index is -0.195. The summed E-state index contributed by atoms with van der Waals surface area (Å²) in [6, 6.07) is 19.5. The number of nitrogens with one attached hydrogen (secondary N) is 2. The fourth-order valence-corrected chi connectivity index (χ4v) is 4.30. The second-order valence-electron chi connectivity index (χ2n) is 8.42. The number of urea groups is 1. The highest BCUT2D eigenvalue weighted by Crippen LogP contribution is 2.37. The van der Waals surface area contributed by atoms with Gasteiger partial charge in [0, 0.05) is 24.1 Å². The number of hydrogen-bond donors (Lipinski definition) is 2. The molecule has 1 saturated carbocycles. The SMILES string of the molecule is CN(C)CCCNC(=O)NC1CC(c2ccccc2)CCC1C(=O)c1ccccc1. The number of benzene rings is 2. The lowest BCUT2D eigenvalue weighted by Crippen LogP contribution is -2.50. The van der Waals surface area contributed by atoms with E-state index in [2.05, 4.69) is 39.8 Å². The van der Waals surface area contributed by atoms with E-state index in [1.54, 1.807) is 0 Å². The average molecular weight is 408 g/mol. The molecular formula is C25H33N3O2. The Labute approximate surface area is 179 Å². The van der Waals surface area contributed by atoms with Crippen LogP contribution in [0.1, 0.15) is 47.5 Å². The molecule has 1 aliphatic rings. The van der Waals surface area contributed by atoms with Crippen molar-refractivity contribution in [2.45, 2.75) is 37.6 Å². The van der Waals surface area contributed by atoms with Gasteiger partial charge in [0.1, 0.15) is 0 Å². The van der Waals surface area contributed by atoms with Crippen LogP contribution in [0.4, 0.5) is 4.79 Å². The van der Waals surface area contributed by atoms with Crippen molar-refractivity contribution in [2.24, 2.45) is 5.92 Å². The zero-order chi connectivity index (χ0) is 21.3. The first-order valence-electron chi connectivity index (χ1n) is 10.9. The number of amides is 2. The fraction of sp³-hybridized carbons (Fsp3) is 0.440. The van der Waals surface area contributed by atoms with Crippen LogP contribution in [0.2, 0.25) is 0 Å². The van der Waals surface area contributed by atoms with Crippen molar-refractivity contribution in [3.63, 3.8) is 0 Å². The first-order chi connectivity index (χ1) is 14.5. The lowest BCUT2D eigenvalue weighted by Gasteiger charge is -2.36. The van der Waals surface area contributed by atoms with Crippen LogP contribution in [0, 0.1) is 5.92 Å². The molecule has 2 N–H and O–H groups in total. The van der Waals surface area contributed by atoms with Crippen LogP contribution in [-0.4, -0.2) is 49.9 Å². The number of nitrogens with zero attached hydrogens (tertiary/aromatic N) is 1. The number of ketones is 1. The van der Waals surface area contributed by atoms with Crippen molar-refractivity contribution in [1.29, 1.82) is 0 Å². The number of carbonyl (C=O) groups is 2. The summed E-state index contributed by atoms with van der Waals surface area (Å²) in [7, 11) is 4.04. The van der Waals surface area contributed by atoms with Crippen LogP contribution < -0.4 is 10.6 Å². The molecule has 0 bridgehead atoms. The van der Waals surface area contributed by atoms with Gasteiger partial charge in [0.05, 0.1) is 0 Å². The maximum Gasteiger partial charge on any atom is 0.315 e. The van der Waals surface area contributed by atoms with E-state index < -0.39 is 0 Å². The van der Waals surface area contributed by atoms with E-state index in [4.69, 9.17) is 0 Å². The molecule has 160 valence electrons. The quantitative estimate of drug-likeness (QED) is 0.512. The minimum Gasteiger partial charge on any atom is -0.338 e. The molecule has 5 nitrogen and oxygen atoms in total. The molecule has 2 aromatic carbocycles. The van der Waals surface area contributed by atoms with Crippen molar-refractivity contribution in [3.8, 4) is 0 Å². The predicted molar refractivity (Wildman–Crippen MR) is 121 cm³/mol. The van der Waals surface area contributed by atoms with Crippen LogP contribution in [-0.2, 0) is 0 Å². The van der Waals surface area contributed by atoms with E-state index in [1.165, 1.54) is 5.56 Å². The van der Waals surface area contributed by atoms with Crippen molar-refractivity contribution in [3.05, 3.63) is 71.8 Å². The smallest absolute Gasteiger partial charge is 0.315 e. The Morgan fingerprint density at radius 3 is 2.30 bits per heavy atom. The summed E-state index contributed by atoms with van der Waals surface area (Å²) in [4.78, 5) is 27.8. The normalized spacial score (nSPS) is 21.2. The Kier molecular flexibility index (Phi) is 8.03. The Balaban J connectivity index is 1.68. The van der Waals surface area contributed by atoms with Gasteiger partial charge in [-0.3, -0.25) is 4.79 Å².